The van der Waals surface area contributed by atoms with E-state index < -0.39 is 24.3 Å². The maximum atomic E-state index is 11.8. The van der Waals surface area contributed by atoms with Crippen LogP contribution in [0.3, 0.4) is 0 Å². The van der Waals surface area contributed by atoms with Crippen LogP contribution in [0.5, 0.6) is 0 Å². The Balaban J connectivity index is 2.63. The van der Waals surface area contributed by atoms with E-state index in [1.807, 2.05) is 0 Å². The quantitative estimate of drug-likeness (QED) is 0.544. The molecule has 0 bridgehead atoms. The molecule has 0 aromatic heterocycles. The van der Waals surface area contributed by atoms with E-state index in [2.05, 4.69) is 5.73 Å². The van der Waals surface area contributed by atoms with Crippen molar-refractivity contribution in [1.82, 2.24) is 0 Å². The molecule has 2 N–H and O–H groups in total. The largest absolute Gasteiger partial charge is 0.315 e. The van der Waals surface area contributed by atoms with E-state index in [0.29, 0.717) is 0 Å². The van der Waals surface area contributed by atoms with E-state index in [1.165, 1.54) is 0 Å². The van der Waals surface area contributed by atoms with Crippen molar-refractivity contribution in [2.24, 2.45) is 5.73 Å². The molecule has 1 atom stereocenters. The fourth-order valence-corrected chi connectivity index (χ4v) is 0.560. The van der Waals surface area contributed by atoms with Crippen LogP contribution in [0.1, 0.15) is 6.42 Å². The minimum absolute atomic E-state index is 0.891. The van der Waals surface area contributed by atoms with Gasteiger partial charge in [-0.05, 0) is 0 Å². The Hall–Kier alpha value is -0.320. The van der Waals surface area contributed by atoms with Gasteiger partial charge in [-0.1, -0.05) is 0 Å². The van der Waals surface area contributed by atoms with Gasteiger partial charge in [0.1, 0.15) is 5.54 Å². The average molecular weight is 143 g/mol. The van der Waals surface area contributed by atoms with Gasteiger partial charge >= 0.3 is 0 Å². The molecule has 1 aliphatic rings. The van der Waals surface area contributed by atoms with Gasteiger partial charge in [-0.2, -0.15) is 0 Å². The monoisotopic (exact) mass is 143 g/mol. The molecule has 0 aromatic rings. The van der Waals surface area contributed by atoms with Crippen molar-refractivity contribution in [1.29, 1.82) is 0 Å². The second-order valence-corrected chi connectivity index (χ2v) is 2.22. The average Bonchev–Trinajstić information content (AvgIpc) is 2.08. The molecule has 0 heterocycles. The Labute approximate surface area is 48.8 Å². The van der Waals surface area contributed by atoms with Gasteiger partial charge < -0.3 is 5.73 Å². The van der Waals surface area contributed by atoms with Crippen LogP contribution in [0.15, 0.2) is 0 Å². The Kier molecular flexibility index (Phi) is 1.05. The molecule has 0 amide bonds. The maximum absolute atomic E-state index is 11.8. The van der Waals surface area contributed by atoms with Crippen LogP contribution in [0.25, 0.3) is 0 Å². The zero-order chi connectivity index (χ0) is 7.28. The molecule has 1 unspecified atom stereocenters. The molecule has 1 aliphatic carbocycles. The van der Waals surface area contributed by atoms with Crippen molar-refractivity contribution in [2.75, 3.05) is 0 Å². The number of hydrogen-bond donors (Lipinski definition) is 1. The molecule has 1 nitrogen and oxygen atoms in total. The van der Waals surface area contributed by atoms with Crippen molar-refractivity contribution in [3.63, 3.8) is 0 Å². The first-order chi connectivity index (χ1) is 3.90. The van der Waals surface area contributed by atoms with Gasteiger partial charge in [0.05, 0.1) is 0 Å². The smallest absolute Gasteiger partial charge is 0.273 e. The predicted octanol–water partition coefficient (Wildman–Crippen LogP) is 0.988. The Morgan fingerprint density at radius 3 is 1.67 bits per heavy atom. The van der Waals surface area contributed by atoms with Gasteiger partial charge in [0.2, 0.25) is 0 Å². The number of halogens is 4. The molecule has 0 aliphatic heterocycles. The van der Waals surface area contributed by atoms with Crippen LogP contribution < -0.4 is 5.73 Å². The Bertz CT molecular complexity index is 135. The van der Waals surface area contributed by atoms with E-state index in [0.717, 1.165) is 0 Å². The highest BCUT2D eigenvalue weighted by atomic mass is 19.3. The van der Waals surface area contributed by atoms with Crippen molar-refractivity contribution < 1.29 is 17.6 Å². The number of hydrogen-bond acceptors (Lipinski definition) is 1. The highest BCUT2D eigenvalue weighted by molar-refractivity contribution is 5.17. The predicted molar refractivity (Wildman–Crippen MR) is 22.5 cm³/mol. The molecule has 1 rings (SSSR count). The maximum Gasteiger partial charge on any atom is 0.273 e. The lowest BCUT2D eigenvalue weighted by molar-refractivity contribution is 0.0168. The van der Waals surface area contributed by atoms with Gasteiger partial charge in [0, 0.05) is 6.42 Å². The summed E-state index contributed by atoms with van der Waals surface area (Å²) < 4.78 is 46.6. The first-order valence-electron chi connectivity index (χ1n) is 2.35. The SMILES string of the molecule is NC1(C(F)F)CC1(F)F. The van der Waals surface area contributed by atoms with Gasteiger partial charge in [0.25, 0.3) is 12.3 Å². The molecular formula is C4H5F4N. The topological polar surface area (TPSA) is 26.0 Å². The van der Waals surface area contributed by atoms with Crippen LogP contribution >= 0.6 is 0 Å². The third-order valence-corrected chi connectivity index (χ3v) is 1.46. The minimum Gasteiger partial charge on any atom is -0.315 e. The van der Waals surface area contributed by atoms with Crippen LogP contribution in [-0.2, 0) is 0 Å². The standard InChI is InChI=1S/C4H5F4N/c5-2(6)3(9)1-4(3,7)8/h2H,1,9H2. The van der Waals surface area contributed by atoms with Crippen LogP contribution in [0.4, 0.5) is 17.6 Å². The molecular weight excluding hydrogens is 138 g/mol. The zero-order valence-corrected chi connectivity index (χ0v) is 4.37. The third-order valence-electron chi connectivity index (χ3n) is 1.46. The molecule has 0 radical (unpaired) electrons. The summed E-state index contributed by atoms with van der Waals surface area (Å²) in [6.45, 7) is 0. The van der Waals surface area contributed by atoms with Gasteiger partial charge in [-0.15, -0.1) is 0 Å². The lowest BCUT2D eigenvalue weighted by Gasteiger charge is -2.06. The molecule has 5 heteroatoms. The summed E-state index contributed by atoms with van der Waals surface area (Å²) in [5.41, 5.74) is 2.05. The van der Waals surface area contributed by atoms with Crippen molar-refractivity contribution >= 4 is 0 Å². The number of rotatable bonds is 1. The lowest BCUT2D eigenvalue weighted by Crippen LogP contribution is -2.37. The van der Waals surface area contributed by atoms with Crippen LogP contribution in [0, 0.1) is 0 Å². The minimum atomic E-state index is -3.35. The fraction of sp³-hybridized carbons (Fsp3) is 1.00. The summed E-state index contributed by atoms with van der Waals surface area (Å²) in [6.07, 6.45) is -4.01. The van der Waals surface area contributed by atoms with Gasteiger partial charge in [0.15, 0.2) is 0 Å². The lowest BCUT2D eigenvalue weighted by atomic mass is 10.3. The Morgan fingerprint density at radius 1 is 1.33 bits per heavy atom. The van der Waals surface area contributed by atoms with E-state index in [1.54, 1.807) is 0 Å². The summed E-state index contributed by atoms with van der Waals surface area (Å²) in [5.74, 6) is -3.35. The van der Waals surface area contributed by atoms with Gasteiger partial charge in [-0.25, -0.2) is 17.6 Å². The van der Waals surface area contributed by atoms with Crippen LogP contribution in [0.2, 0.25) is 0 Å². The number of nitrogens with two attached hydrogens (primary N) is 1. The highest BCUT2D eigenvalue weighted by Crippen LogP contribution is 2.53. The fourth-order valence-electron chi connectivity index (χ4n) is 0.560. The van der Waals surface area contributed by atoms with Crippen LogP contribution in [-0.4, -0.2) is 17.9 Å². The van der Waals surface area contributed by atoms with Crippen molar-refractivity contribution in [2.45, 2.75) is 24.3 Å². The van der Waals surface area contributed by atoms with Crippen molar-refractivity contribution in [3.8, 4) is 0 Å². The second kappa shape index (κ2) is 1.39. The molecule has 54 valence electrons. The summed E-state index contributed by atoms with van der Waals surface area (Å²) >= 11 is 0. The Morgan fingerprint density at radius 2 is 1.67 bits per heavy atom. The summed E-state index contributed by atoms with van der Waals surface area (Å²) in [5, 5.41) is 0. The summed E-state index contributed by atoms with van der Waals surface area (Å²) in [7, 11) is 0. The zero-order valence-electron chi connectivity index (χ0n) is 4.37. The molecule has 0 saturated heterocycles. The van der Waals surface area contributed by atoms with E-state index >= 15 is 0 Å². The van der Waals surface area contributed by atoms with E-state index in [4.69, 9.17) is 0 Å². The summed E-state index contributed by atoms with van der Waals surface area (Å²) in [4.78, 5) is 0. The molecule has 9 heavy (non-hydrogen) atoms. The molecule has 0 aromatic carbocycles. The number of alkyl halides is 4. The van der Waals surface area contributed by atoms with Gasteiger partial charge in [-0.3, -0.25) is 0 Å². The molecule has 0 spiro atoms. The summed E-state index contributed by atoms with van der Waals surface area (Å²) in [6, 6.07) is 0. The normalized spacial score (nSPS) is 39.3. The first kappa shape index (κ1) is 6.80. The highest BCUT2D eigenvalue weighted by Gasteiger charge is 2.74. The molecule has 1 saturated carbocycles. The molecule has 1 fully saturated rings. The third kappa shape index (κ3) is 0.710. The first-order valence-corrected chi connectivity index (χ1v) is 2.35. The second-order valence-electron chi connectivity index (χ2n) is 2.22. The van der Waals surface area contributed by atoms with Crippen molar-refractivity contribution in [3.05, 3.63) is 0 Å². The van der Waals surface area contributed by atoms with E-state index in [-0.39, 0.29) is 0 Å². The van der Waals surface area contributed by atoms with E-state index in [9.17, 15) is 17.6 Å².